The van der Waals surface area contributed by atoms with Crippen LogP contribution in [0.4, 0.5) is 0 Å². The first-order valence-electron chi connectivity index (χ1n) is 7.55. The van der Waals surface area contributed by atoms with Gasteiger partial charge in [0, 0.05) is 27.6 Å². The summed E-state index contributed by atoms with van der Waals surface area (Å²) in [7, 11) is 1.38. The lowest BCUT2D eigenvalue weighted by Crippen LogP contribution is -2.09. The molecular weight excluding hydrogens is 424 g/mol. The van der Waals surface area contributed by atoms with Crippen molar-refractivity contribution in [3.05, 3.63) is 44.5 Å². The number of rotatable bonds is 6. The van der Waals surface area contributed by atoms with Crippen LogP contribution in [0.15, 0.2) is 44.1 Å². The van der Waals surface area contributed by atoms with E-state index in [9.17, 15) is 9.59 Å². The normalized spacial score (nSPS) is 11.0. The van der Waals surface area contributed by atoms with Gasteiger partial charge in [-0.2, -0.15) is 0 Å². The number of carbonyl (C=O) groups is 1. The monoisotopic (exact) mass is 438 g/mol. The predicted octanol–water partition coefficient (Wildman–Crippen LogP) is 4.46. The lowest BCUT2D eigenvalue weighted by atomic mass is 10.1. The molecule has 1 N–H and O–H groups in total. The minimum absolute atomic E-state index is 0.139. The highest BCUT2D eigenvalue weighted by Crippen LogP contribution is 2.32. The summed E-state index contributed by atoms with van der Waals surface area (Å²) in [6, 6.07) is 7.85. The Morgan fingerprint density at radius 1 is 1.36 bits per heavy atom. The molecule has 0 fully saturated rings. The molecule has 3 aromatic rings. The Morgan fingerprint density at radius 3 is 2.84 bits per heavy atom. The number of fused-ring (bicyclic) bond motifs is 1. The van der Waals surface area contributed by atoms with E-state index in [1.807, 2.05) is 29.6 Å². The molecule has 0 spiro atoms. The molecule has 3 rings (SSSR count). The van der Waals surface area contributed by atoms with Crippen molar-refractivity contribution in [3.63, 3.8) is 0 Å². The van der Waals surface area contributed by atoms with Gasteiger partial charge in [0.1, 0.15) is 4.83 Å². The second-order valence-electron chi connectivity index (χ2n) is 5.24. The number of aromatic nitrogens is 2. The van der Waals surface area contributed by atoms with Crippen LogP contribution < -0.4 is 5.56 Å². The SMILES string of the molecule is COC(=O)CCCSc1nc2scc(-c3ccc(Br)cc3)c2c(=O)[nH]1. The summed E-state index contributed by atoms with van der Waals surface area (Å²) >= 11 is 6.31. The fourth-order valence-corrected chi connectivity index (χ4v) is 4.40. The van der Waals surface area contributed by atoms with Crippen molar-refractivity contribution in [1.29, 1.82) is 0 Å². The first-order valence-corrected chi connectivity index (χ1v) is 10.2. The van der Waals surface area contributed by atoms with E-state index in [-0.39, 0.29) is 11.5 Å². The zero-order valence-corrected chi connectivity index (χ0v) is 16.6. The number of nitrogens with zero attached hydrogens (tertiary/aromatic N) is 1. The smallest absolute Gasteiger partial charge is 0.305 e. The van der Waals surface area contributed by atoms with Crippen LogP contribution in [0.5, 0.6) is 0 Å². The van der Waals surface area contributed by atoms with Gasteiger partial charge in [0.05, 0.1) is 12.5 Å². The van der Waals surface area contributed by atoms with E-state index in [2.05, 4.69) is 30.6 Å². The number of hydrogen-bond acceptors (Lipinski definition) is 6. The van der Waals surface area contributed by atoms with Crippen LogP contribution in [0.3, 0.4) is 0 Å². The molecule has 5 nitrogen and oxygen atoms in total. The minimum Gasteiger partial charge on any atom is -0.469 e. The maximum Gasteiger partial charge on any atom is 0.305 e. The second-order valence-corrected chi connectivity index (χ2v) is 8.09. The van der Waals surface area contributed by atoms with Gasteiger partial charge >= 0.3 is 5.97 Å². The molecule has 0 atom stereocenters. The van der Waals surface area contributed by atoms with Gasteiger partial charge in [-0.25, -0.2) is 4.98 Å². The van der Waals surface area contributed by atoms with Gasteiger partial charge in [0.25, 0.3) is 5.56 Å². The molecule has 2 heterocycles. The molecule has 0 amide bonds. The number of thioether (sulfide) groups is 1. The van der Waals surface area contributed by atoms with Crippen molar-refractivity contribution < 1.29 is 9.53 Å². The van der Waals surface area contributed by atoms with Crippen LogP contribution >= 0.6 is 39.0 Å². The third kappa shape index (κ3) is 4.31. The Bertz CT molecular complexity index is 951. The molecule has 0 radical (unpaired) electrons. The lowest BCUT2D eigenvalue weighted by Gasteiger charge is -2.02. The van der Waals surface area contributed by atoms with E-state index in [0.29, 0.717) is 29.1 Å². The molecule has 1 aromatic carbocycles. The fraction of sp³-hybridized carbons (Fsp3) is 0.235. The van der Waals surface area contributed by atoms with Gasteiger partial charge in [-0.15, -0.1) is 11.3 Å². The molecule has 130 valence electrons. The summed E-state index contributed by atoms with van der Waals surface area (Å²) in [6.45, 7) is 0. The van der Waals surface area contributed by atoms with E-state index < -0.39 is 0 Å². The van der Waals surface area contributed by atoms with Crippen molar-refractivity contribution in [3.8, 4) is 11.1 Å². The van der Waals surface area contributed by atoms with E-state index in [1.54, 1.807) is 0 Å². The van der Waals surface area contributed by atoms with Crippen molar-refractivity contribution in [2.24, 2.45) is 0 Å². The minimum atomic E-state index is -0.227. The zero-order valence-electron chi connectivity index (χ0n) is 13.4. The number of ether oxygens (including phenoxy) is 1. The molecule has 0 aliphatic rings. The van der Waals surface area contributed by atoms with Crippen molar-refractivity contribution in [1.82, 2.24) is 9.97 Å². The Balaban J connectivity index is 1.80. The van der Waals surface area contributed by atoms with E-state index in [1.165, 1.54) is 30.2 Å². The third-order valence-corrected chi connectivity index (χ3v) is 5.93. The molecule has 25 heavy (non-hydrogen) atoms. The Kier molecular flexibility index (Phi) is 5.93. The standard InChI is InChI=1S/C17H15BrN2O3S2/c1-23-13(21)3-2-8-24-17-19-15(22)14-12(9-25-16(14)20-17)10-4-6-11(18)7-5-10/h4-7,9H,2-3,8H2,1H3,(H,19,20,22). The summed E-state index contributed by atoms with van der Waals surface area (Å²) in [5, 5.41) is 3.15. The fourth-order valence-electron chi connectivity index (χ4n) is 2.33. The van der Waals surface area contributed by atoms with Crippen LogP contribution in [0, 0.1) is 0 Å². The third-order valence-electron chi connectivity index (χ3n) is 3.57. The van der Waals surface area contributed by atoms with Crippen LogP contribution in [0.25, 0.3) is 21.3 Å². The van der Waals surface area contributed by atoms with Gasteiger partial charge in [0.15, 0.2) is 5.16 Å². The van der Waals surface area contributed by atoms with Crippen molar-refractivity contribution in [2.45, 2.75) is 18.0 Å². The van der Waals surface area contributed by atoms with Gasteiger partial charge < -0.3 is 9.72 Å². The lowest BCUT2D eigenvalue weighted by molar-refractivity contribution is -0.140. The topological polar surface area (TPSA) is 72.0 Å². The molecule has 0 saturated carbocycles. The molecule has 0 saturated heterocycles. The number of H-pyrrole nitrogens is 1. The van der Waals surface area contributed by atoms with Crippen molar-refractivity contribution in [2.75, 3.05) is 12.9 Å². The molecule has 2 aromatic heterocycles. The molecule has 8 heteroatoms. The quantitative estimate of drug-likeness (QED) is 0.266. The number of aromatic amines is 1. The summed E-state index contributed by atoms with van der Waals surface area (Å²) in [5.41, 5.74) is 1.74. The van der Waals surface area contributed by atoms with E-state index in [0.717, 1.165) is 20.4 Å². The molecule has 0 unspecified atom stereocenters. The highest BCUT2D eigenvalue weighted by molar-refractivity contribution is 9.10. The molecule has 0 aliphatic carbocycles. The summed E-state index contributed by atoms with van der Waals surface area (Å²) in [4.78, 5) is 31.7. The van der Waals surface area contributed by atoms with Gasteiger partial charge in [-0.1, -0.05) is 39.8 Å². The number of nitrogens with one attached hydrogen (secondary N) is 1. The first kappa shape index (κ1) is 18.2. The second kappa shape index (κ2) is 8.16. The number of thiophene rings is 1. The average molecular weight is 439 g/mol. The Labute approximate surface area is 161 Å². The molecule has 0 aliphatic heterocycles. The van der Waals surface area contributed by atoms with E-state index >= 15 is 0 Å². The van der Waals surface area contributed by atoms with Gasteiger partial charge in [0.2, 0.25) is 0 Å². The summed E-state index contributed by atoms with van der Waals surface area (Å²) in [6.07, 6.45) is 1.04. The van der Waals surface area contributed by atoms with Gasteiger partial charge in [-0.3, -0.25) is 9.59 Å². The van der Waals surface area contributed by atoms with E-state index in [4.69, 9.17) is 0 Å². The van der Waals surface area contributed by atoms with Crippen LogP contribution in [-0.2, 0) is 9.53 Å². The number of methoxy groups -OCH3 is 1. The maximum absolute atomic E-state index is 12.5. The highest BCUT2D eigenvalue weighted by atomic mass is 79.9. The largest absolute Gasteiger partial charge is 0.469 e. The zero-order chi connectivity index (χ0) is 17.8. The van der Waals surface area contributed by atoms with Crippen LogP contribution in [0.2, 0.25) is 0 Å². The van der Waals surface area contributed by atoms with Crippen LogP contribution in [-0.4, -0.2) is 28.8 Å². The summed E-state index contributed by atoms with van der Waals surface area (Å²) < 4.78 is 5.60. The average Bonchev–Trinajstić information content (AvgIpc) is 3.03. The maximum atomic E-state index is 12.5. The molecule has 0 bridgehead atoms. The first-order chi connectivity index (χ1) is 12.1. The number of halogens is 1. The van der Waals surface area contributed by atoms with Gasteiger partial charge in [-0.05, 0) is 24.1 Å². The Morgan fingerprint density at radius 2 is 2.12 bits per heavy atom. The predicted molar refractivity (Wildman–Crippen MR) is 105 cm³/mol. The van der Waals surface area contributed by atoms with Crippen LogP contribution in [0.1, 0.15) is 12.8 Å². The number of esters is 1. The Hall–Kier alpha value is -1.64. The molecular formula is C17H15BrN2O3S2. The number of carbonyl (C=O) groups excluding carboxylic acids is 1. The number of benzene rings is 1. The van der Waals surface area contributed by atoms with Crippen molar-refractivity contribution >= 4 is 55.2 Å². The highest BCUT2D eigenvalue weighted by Gasteiger charge is 2.13. The number of hydrogen-bond donors (Lipinski definition) is 1. The summed E-state index contributed by atoms with van der Waals surface area (Å²) in [5.74, 6) is 0.462.